The molecule has 0 bridgehead atoms. The van der Waals surface area contributed by atoms with Crippen molar-refractivity contribution in [3.8, 4) is 0 Å². The summed E-state index contributed by atoms with van der Waals surface area (Å²) < 4.78 is 40.5. The summed E-state index contributed by atoms with van der Waals surface area (Å²) in [5, 5.41) is 9.69. The van der Waals surface area contributed by atoms with Crippen LogP contribution in [0.1, 0.15) is 24.3 Å². The van der Waals surface area contributed by atoms with Gasteiger partial charge in [0, 0.05) is 25.2 Å². The molecule has 0 saturated carbocycles. The number of piperazine rings is 1. The van der Waals surface area contributed by atoms with Crippen molar-refractivity contribution >= 4 is 15.9 Å². The van der Waals surface area contributed by atoms with Gasteiger partial charge in [0.15, 0.2) is 5.69 Å². The van der Waals surface area contributed by atoms with Gasteiger partial charge in [0.25, 0.3) is 5.91 Å². The number of benzene rings is 1. The second kappa shape index (κ2) is 6.19. The summed E-state index contributed by atoms with van der Waals surface area (Å²) in [6.07, 6.45) is 1.39. The largest absolute Gasteiger partial charge is 0.334 e. The maximum atomic E-state index is 13.4. The Kier molecular flexibility index (Phi) is 4.33. The van der Waals surface area contributed by atoms with Gasteiger partial charge in [-0.15, -0.1) is 5.10 Å². The van der Waals surface area contributed by atoms with Crippen LogP contribution in [0, 0.1) is 5.82 Å². The number of carbonyl (C=O) groups is 1. The fraction of sp³-hybridized carbons (Fsp3) is 0.400. The lowest BCUT2D eigenvalue weighted by Crippen LogP contribution is -2.61. The van der Waals surface area contributed by atoms with E-state index in [1.807, 2.05) is 0 Å². The van der Waals surface area contributed by atoms with Crippen molar-refractivity contribution in [2.75, 3.05) is 19.6 Å². The molecule has 1 aromatic heterocycles. The Labute approximate surface area is 144 Å². The highest BCUT2D eigenvalue weighted by molar-refractivity contribution is 7.89. The molecule has 0 radical (unpaired) electrons. The number of nitrogens with zero attached hydrogens (tertiary/aromatic N) is 4. The number of nitrogens with one attached hydrogen (secondary N) is 1. The Balaban J connectivity index is 1.85. The van der Waals surface area contributed by atoms with Crippen LogP contribution in [0.2, 0.25) is 0 Å². The molecule has 1 N–H and O–H groups in total. The minimum atomic E-state index is -3.87. The van der Waals surface area contributed by atoms with Crippen LogP contribution >= 0.6 is 0 Å². The Morgan fingerprint density at radius 1 is 1.32 bits per heavy atom. The lowest BCUT2D eigenvalue weighted by atomic mass is 10.0. The van der Waals surface area contributed by atoms with Gasteiger partial charge in [-0.3, -0.25) is 9.89 Å². The molecule has 134 valence electrons. The molecule has 25 heavy (non-hydrogen) atoms. The number of aromatic nitrogens is 3. The van der Waals surface area contributed by atoms with E-state index in [9.17, 15) is 17.6 Å². The van der Waals surface area contributed by atoms with E-state index in [1.54, 1.807) is 13.8 Å². The Morgan fingerprint density at radius 2 is 2.08 bits per heavy atom. The first-order chi connectivity index (χ1) is 11.7. The summed E-state index contributed by atoms with van der Waals surface area (Å²) in [7, 11) is -3.87. The van der Waals surface area contributed by atoms with Gasteiger partial charge in [-0.25, -0.2) is 12.8 Å². The first kappa shape index (κ1) is 17.5. The van der Waals surface area contributed by atoms with Crippen molar-refractivity contribution in [1.82, 2.24) is 24.6 Å². The van der Waals surface area contributed by atoms with Gasteiger partial charge in [-0.05, 0) is 32.0 Å². The molecule has 10 heteroatoms. The van der Waals surface area contributed by atoms with Gasteiger partial charge in [0.1, 0.15) is 5.82 Å². The fourth-order valence-electron chi connectivity index (χ4n) is 2.98. The number of amides is 1. The molecule has 3 rings (SSSR count). The number of carbonyl (C=O) groups excluding carboxylic acids is 1. The summed E-state index contributed by atoms with van der Waals surface area (Å²) in [6, 6.07) is 4.91. The summed E-state index contributed by atoms with van der Waals surface area (Å²) in [5.74, 6) is -0.927. The summed E-state index contributed by atoms with van der Waals surface area (Å²) in [4.78, 5) is 13.8. The van der Waals surface area contributed by atoms with E-state index in [1.165, 1.54) is 33.6 Å². The van der Waals surface area contributed by atoms with Crippen molar-refractivity contribution in [3.63, 3.8) is 0 Å². The zero-order valence-corrected chi connectivity index (χ0v) is 14.6. The second-order valence-corrected chi connectivity index (χ2v) is 8.29. The molecule has 1 aromatic carbocycles. The predicted octanol–water partition coefficient (Wildman–Crippen LogP) is 0.869. The molecule has 0 atom stereocenters. The highest BCUT2D eigenvalue weighted by Gasteiger charge is 2.43. The Morgan fingerprint density at radius 3 is 2.68 bits per heavy atom. The third kappa shape index (κ3) is 3.27. The van der Waals surface area contributed by atoms with Crippen LogP contribution < -0.4 is 0 Å². The molecule has 1 amide bonds. The first-order valence-electron chi connectivity index (χ1n) is 7.66. The second-order valence-electron chi connectivity index (χ2n) is 6.43. The molecule has 2 heterocycles. The topological polar surface area (TPSA) is 99.3 Å². The van der Waals surface area contributed by atoms with Crippen LogP contribution in [-0.2, 0) is 10.0 Å². The molecular formula is C15H18FN5O3S. The maximum absolute atomic E-state index is 13.4. The smallest absolute Gasteiger partial charge is 0.276 e. The van der Waals surface area contributed by atoms with Crippen LogP contribution in [0.25, 0.3) is 0 Å². The van der Waals surface area contributed by atoms with E-state index in [4.69, 9.17) is 0 Å². The third-order valence-corrected chi connectivity index (χ3v) is 6.24. The average Bonchev–Trinajstić information content (AvgIpc) is 3.07. The molecule has 0 aliphatic carbocycles. The number of hydrogen-bond acceptors (Lipinski definition) is 5. The lowest BCUT2D eigenvalue weighted by Gasteiger charge is -2.45. The summed E-state index contributed by atoms with van der Waals surface area (Å²) in [5.41, 5.74) is -0.680. The fourth-order valence-corrected chi connectivity index (χ4v) is 4.78. The molecule has 1 aliphatic heterocycles. The molecule has 1 saturated heterocycles. The van der Waals surface area contributed by atoms with Crippen molar-refractivity contribution in [2.45, 2.75) is 24.3 Å². The Hall–Kier alpha value is -2.33. The van der Waals surface area contributed by atoms with Crippen molar-refractivity contribution in [3.05, 3.63) is 42.0 Å². The summed E-state index contributed by atoms with van der Waals surface area (Å²) in [6.45, 7) is 3.96. The van der Waals surface area contributed by atoms with Crippen LogP contribution in [-0.4, -0.2) is 64.1 Å². The minimum Gasteiger partial charge on any atom is -0.334 e. The predicted molar refractivity (Wildman–Crippen MR) is 86.7 cm³/mol. The number of sulfonamides is 1. The van der Waals surface area contributed by atoms with E-state index >= 15 is 0 Å². The van der Waals surface area contributed by atoms with Crippen LogP contribution in [0.4, 0.5) is 4.39 Å². The SMILES string of the molecule is CC1(C)CN(C(=O)c2c[nH]nn2)CCN1S(=O)(=O)c1cccc(F)c1. The van der Waals surface area contributed by atoms with Gasteiger partial charge in [0.2, 0.25) is 10.0 Å². The van der Waals surface area contributed by atoms with Gasteiger partial charge in [-0.2, -0.15) is 4.31 Å². The van der Waals surface area contributed by atoms with E-state index in [0.717, 1.165) is 6.07 Å². The minimum absolute atomic E-state index is 0.100. The zero-order chi connectivity index (χ0) is 18.2. The van der Waals surface area contributed by atoms with Crippen LogP contribution in [0.15, 0.2) is 35.4 Å². The first-order valence-corrected chi connectivity index (χ1v) is 9.10. The van der Waals surface area contributed by atoms with E-state index in [0.29, 0.717) is 0 Å². The monoisotopic (exact) mass is 367 g/mol. The normalized spacial score (nSPS) is 18.3. The Bertz CT molecular complexity index is 882. The van der Waals surface area contributed by atoms with Crippen molar-refractivity contribution < 1.29 is 17.6 Å². The lowest BCUT2D eigenvalue weighted by molar-refractivity contribution is 0.0489. The molecule has 8 nitrogen and oxygen atoms in total. The van der Waals surface area contributed by atoms with E-state index in [2.05, 4.69) is 15.4 Å². The number of aromatic amines is 1. The molecular weight excluding hydrogens is 349 g/mol. The van der Waals surface area contributed by atoms with E-state index in [-0.39, 0.29) is 36.1 Å². The molecule has 0 unspecified atom stereocenters. The summed E-state index contributed by atoms with van der Waals surface area (Å²) >= 11 is 0. The van der Waals surface area contributed by atoms with Gasteiger partial charge in [-0.1, -0.05) is 11.3 Å². The maximum Gasteiger partial charge on any atom is 0.276 e. The van der Waals surface area contributed by atoms with Gasteiger partial charge in [0.05, 0.1) is 11.1 Å². The average molecular weight is 367 g/mol. The highest BCUT2D eigenvalue weighted by Crippen LogP contribution is 2.29. The van der Waals surface area contributed by atoms with Crippen LogP contribution in [0.5, 0.6) is 0 Å². The molecule has 2 aromatic rings. The molecule has 1 aliphatic rings. The standard InChI is InChI=1S/C15H18FN5O3S/c1-15(2)10-20(14(22)13-9-17-19-18-13)6-7-21(15)25(23,24)12-5-3-4-11(16)8-12/h3-5,8-9H,6-7,10H2,1-2H3,(H,17,18,19). The number of hydrogen-bond donors (Lipinski definition) is 1. The van der Waals surface area contributed by atoms with Crippen molar-refractivity contribution in [2.24, 2.45) is 0 Å². The molecule has 1 fully saturated rings. The van der Waals surface area contributed by atoms with Crippen molar-refractivity contribution in [1.29, 1.82) is 0 Å². The molecule has 0 spiro atoms. The number of H-pyrrole nitrogens is 1. The van der Waals surface area contributed by atoms with Crippen LogP contribution in [0.3, 0.4) is 0 Å². The quantitative estimate of drug-likeness (QED) is 0.868. The van der Waals surface area contributed by atoms with Gasteiger partial charge >= 0.3 is 0 Å². The number of rotatable bonds is 3. The van der Waals surface area contributed by atoms with Gasteiger partial charge < -0.3 is 4.90 Å². The van der Waals surface area contributed by atoms with E-state index < -0.39 is 21.4 Å². The number of halogens is 1. The third-order valence-electron chi connectivity index (χ3n) is 4.13. The zero-order valence-electron chi connectivity index (χ0n) is 13.8. The highest BCUT2D eigenvalue weighted by atomic mass is 32.2.